The second-order valence-electron chi connectivity index (χ2n) is 5.44. The summed E-state index contributed by atoms with van der Waals surface area (Å²) in [6, 6.07) is 10.4. The molecule has 1 unspecified atom stereocenters. The zero-order chi connectivity index (χ0) is 18.1. The molecule has 134 valence electrons. The van der Waals surface area contributed by atoms with E-state index in [0.29, 0.717) is 18.7 Å². The Bertz CT molecular complexity index is 684. The van der Waals surface area contributed by atoms with Crippen LogP contribution in [0.2, 0.25) is 0 Å². The molecule has 6 nitrogen and oxygen atoms in total. The Hall–Kier alpha value is -2.54. The van der Waals surface area contributed by atoms with Crippen LogP contribution in [0.3, 0.4) is 0 Å². The lowest BCUT2D eigenvalue weighted by Gasteiger charge is -2.16. The van der Waals surface area contributed by atoms with E-state index in [9.17, 15) is 9.90 Å². The highest BCUT2D eigenvalue weighted by Crippen LogP contribution is 2.17. The van der Waals surface area contributed by atoms with E-state index in [1.165, 1.54) is 17.0 Å². The molecule has 0 aliphatic rings. The molecule has 1 atom stereocenters. The van der Waals surface area contributed by atoms with Crippen molar-refractivity contribution in [1.82, 2.24) is 16.0 Å². The van der Waals surface area contributed by atoms with E-state index in [0.717, 1.165) is 12.5 Å². The first-order valence-corrected chi connectivity index (χ1v) is 9.13. The number of aromatic hydroxyl groups is 1. The summed E-state index contributed by atoms with van der Waals surface area (Å²) in [5.41, 5.74) is 0.512. The molecule has 0 saturated heterocycles. The van der Waals surface area contributed by atoms with Crippen molar-refractivity contribution in [3.05, 3.63) is 52.2 Å². The molecule has 0 aliphatic heterocycles. The zero-order valence-corrected chi connectivity index (χ0v) is 15.3. The second kappa shape index (κ2) is 9.68. The lowest BCUT2D eigenvalue weighted by molar-refractivity contribution is 0.0955. The van der Waals surface area contributed by atoms with Crippen molar-refractivity contribution in [2.75, 3.05) is 19.6 Å². The molecule has 1 aromatic heterocycles. The summed E-state index contributed by atoms with van der Waals surface area (Å²) >= 11 is 1.70. The van der Waals surface area contributed by atoms with Gasteiger partial charge in [0, 0.05) is 23.5 Å². The molecule has 0 aliphatic carbocycles. The van der Waals surface area contributed by atoms with Gasteiger partial charge in [0.2, 0.25) is 0 Å². The number of nitrogens with one attached hydrogen (secondary N) is 3. The molecule has 1 aromatic carbocycles. The molecule has 7 heteroatoms. The van der Waals surface area contributed by atoms with Crippen LogP contribution in [0.4, 0.5) is 0 Å². The maximum Gasteiger partial charge on any atom is 0.251 e. The molecule has 1 heterocycles. The SMILES string of the molecule is CCNC(=NCCNC(=O)c1ccc(O)cc1)NC(C)c1cccs1. The van der Waals surface area contributed by atoms with Crippen LogP contribution in [-0.4, -0.2) is 36.6 Å². The lowest BCUT2D eigenvalue weighted by atomic mass is 10.2. The van der Waals surface area contributed by atoms with Crippen LogP contribution in [-0.2, 0) is 0 Å². The van der Waals surface area contributed by atoms with Gasteiger partial charge in [0.25, 0.3) is 5.91 Å². The van der Waals surface area contributed by atoms with Gasteiger partial charge in [-0.2, -0.15) is 0 Å². The molecule has 0 bridgehead atoms. The van der Waals surface area contributed by atoms with E-state index < -0.39 is 0 Å². The predicted octanol–water partition coefficient (Wildman–Crippen LogP) is 2.50. The smallest absolute Gasteiger partial charge is 0.251 e. The van der Waals surface area contributed by atoms with Gasteiger partial charge in [0.05, 0.1) is 12.6 Å². The minimum absolute atomic E-state index is 0.141. The van der Waals surface area contributed by atoms with E-state index >= 15 is 0 Å². The zero-order valence-electron chi connectivity index (χ0n) is 14.5. The monoisotopic (exact) mass is 360 g/mol. The molecule has 0 fully saturated rings. The topological polar surface area (TPSA) is 85.8 Å². The molecule has 0 saturated carbocycles. The number of guanidine groups is 1. The first-order valence-electron chi connectivity index (χ1n) is 8.25. The summed E-state index contributed by atoms with van der Waals surface area (Å²) in [4.78, 5) is 17.7. The number of hydrogen-bond donors (Lipinski definition) is 4. The number of amides is 1. The van der Waals surface area contributed by atoms with Gasteiger partial charge in [-0.3, -0.25) is 9.79 Å². The van der Waals surface area contributed by atoms with Crippen LogP contribution in [0.5, 0.6) is 5.75 Å². The summed E-state index contributed by atoms with van der Waals surface area (Å²) in [5, 5.41) is 20.7. The van der Waals surface area contributed by atoms with Gasteiger partial charge in [-0.1, -0.05) is 6.07 Å². The maximum absolute atomic E-state index is 12.0. The highest BCUT2D eigenvalue weighted by atomic mass is 32.1. The highest BCUT2D eigenvalue weighted by molar-refractivity contribution is 7.10. The van der Waals surface area contributed by atoms with Crippen LogP contribution in [0, 0.1) is 0 Å². The van der Waals surface area contributed by atoms with Gasteiger partial charge in [-0.05, 0) is 49.6 Å². The minimum atomic E-state index is -0.180. The maximum atomic E-state index is 12.0. The van der Waals surface area contributed by atoms with Crippen LogP contribution in [0.1, 0.15) is 35.1 Å². The van der Waals surface area contributed by atoms with E-state index in [2.05, 4.69) is 39.3 Å². The van der Waals surface area contributed by atoms with Gasteiger partial charge < -0.3 is 21.1 Å². The fourth-order valence-electron chi connectivity index (χ4n) is 2.19. The summed E-state index contributed by atoms with van der Waals surface area (Å²) < 4.78 is 0. The third-order valence-electron chi connectivity index (χ3n) is 3.46. The Labute approximate surface area is 152 Å². The van der Waals surface area contributed by atoms with Crippen LogP contribution in [0.25, 0.3) is 0 Å². The average Bonchev–Trinajstić information content (AvgIpc) is 3.14. The van der Waals surface area contributed by atoms with Gasteiger partial charge in [-0.15, -0.1) is 11.3 Å². The van der Waals surface area contributed by atoms with Crippen molar-refractivity contribution in [1.29, 1.82) is 0 Å². The third kappa shape index (κ3) is 6.11. The van der Waals surface area contributed by atoms with Gasteiger partial charge in [-0.25, -0.2) is 0 Å². The van der Waals surface area contributed by atoms with E-state index in [-0.39, 0.29) is 17.7 Å². The molecule has 0 spiro atoms. The quantitative estimate of drug-likeness (QED) is 0.347. The molecule has 4 N–H and O–H groups in total. The summed E-state index contributed by atoms with van der Waals surface area (Å²) in [6.07, 6.45) is 0. The Morgan fingerprint density at radius 3 is 2.64 bits per heavy atom. The van der Waals surface area contributed by atoms with Crippen molar-refractivity contribution < 1.29 is 9.90 Å². The standard InChI is InChI=1S/C18H24N4O2S/c1-3-19-18(22-13(2)16-5-4-12-25-16)21-11-10-20-17(24)14-6-8-15(23)9-7-14/h4-9,12-13,23H,3,10-11H2,1-2H3,(H,20,24)(H2,19,21,22). The number of carbonyl (C=O) groups excluding carboxylic acids is 1. The van der Waals surface area contributed by atoms with E-state index in [1.807, 2.05) is 13.0 Å². The summed E-state index contributed by atoms with van der Waals surface area (Å²) in [5.74, 6) is 0.685. The van der Waals surface area contributed by atoms with Gasteiger partial charge >= 0.3 is 0 Å². The summed E-state index contributed by atoms with van der Waals surface area (Å²) in [7, 11) is 0. The Balaban J connectivity index is 1.82. The Morgan fingerprint density at radius 1 is 1.24 bits per heavy atom. The van der Waals surface area contributed by atoms with Crippen molar-refractivity contribution in [2.24, 2.45) is 4.99 Å². The van der Waals surface area contributed by atoms with Crippen molar-refractivity contribution in [3.63, 3.8) is 0 Å². The number of phenolic OH excluding ortho intramolecular Hbond substituents is 1. The van der Waals surface area contributed by atoms with Crippen LogP contribution in [0.15, 0.2) is 46.8 Å². The van der Waals surface area contributed by atoms with Crippen molar-refractivity contribution >= 4 is 23.2 Å². The molecule has 25 heavy (non-hydrogen) atoms. The fraction of sp³-hybridized carbons (Fsp3) is 0.333. The molecule has 1 amide bonds. The Kier molecular flexibility index (Phi) is 7.28. The molecular weight excluding hydrogens is 336 g/mol. The first kappa shape index (κ1) is 18.8. The van der Waals surface area contributed by atoms with Crippen LogP contribution >= 0.6 is 11.3 Å². The van der Waals surface area contributed by atoms with Crippen molar-refractivity contribution in [2.45, 2.75) is 19.9 Å². The number of rotatable bonds is 7. The number of nitrogens with zero attached hydrogens (tertiary/aromatic N) is 1. The number of carbonyl (C=O) groups is 1. The number of thiophene rings is 1. The number of phenols is 1. The normalized spacial score (nSPS) is 12.5. The number of aliphatic imine (C=N–C) groups is 1. The van der Waals surface area contributed by atoms with Crippen LogP contribution < -0.4 is 16.0 Å². The minimum Gasteiger partial charge on any atom is -0.508 e. The van der Waals surface area contributed by atoms with Gasteiger partial charge in [0.1, 0.15) is 5.75 Å². The average molecular weight is 360 g/mol. The van der Waals surface area contributed by atoms with Gasteiger partial charge in [0.15, 0.2) is 5.96 Å². The lowest BCUT2D eigenvalue weighted by Crippen LogP contribution is -2.39. The van der Waals surface area contributed by atoms with Crippen molar-refractivity contribution in [3.8, 4) is 5.75 Å². The Morgan fingerprint density at radius 2 is 2.00 bits per heavy atom. The molecular formula is C18H24N4O2S. The molecule has 2 aromatic rings. The number of hydrogen-bond acceptors (Lipinski definition) is 4. The van der Waals surface area contributed by atoms with E-state index in [1.54, 1.807) is 23.5 Å². The van der Waals surface area contributed by atoms with E-state index in [4.69, 9.17) is 0 Å². The fourth-order valence-corrected chi connectivity index (χ4v) is 2.92. The predicted molar refractivity (Wildman–Crippen MR) is 102 cm³/mol. The second-order valence-corrected chi connectivity index (χ2v) is 6.42. The third-order valence-corrected chi connectivity index (χ3v) is 4.52. The first-order chi connectivity index (χ1) is 12.1. The number of benzene rings is 1. The molecule has 0 radical (unpaired) electrons. The molecule has 2 rings (SSSR count). The summed E-state index contributed by atoms with van der Waals surface area (Å²) in [6.45, 7) is 5.77. The highest BCUT2D eigenvalue weighted by Gasteiger charge is 2.08. The largest absolute Gasteiger partial charge is 0.508 e.